The van der Waals surface area contributed by atoms with Gasteiger partial charge < -0.3 is 11.1 Å². The number of hydrogen-bond acceptors (Lipinski definition) is 4. The minimum atomic E-state index is -1.01. The molecule has 0 saturated heterocycles. The summed E-state index contributed by atoms with van der Waals surface area (Å²) in [4.78, 5) is 35.5. The number of amides is 2. The van der Waals surface area contributed by atoms with E-state index in [4.69, 9.17) is 5.73 Å². The maximum Gasteiger partial charge on any atom is 0.270 e. The van der Waals surface area contributed by atoms with Gasteiger partial charge in [-0.25, -0.2) is 0 Å². The second-order valence-corrected chi connectivity index (χ2v) is 6.81. The maximum atomic E-state index is 12.8. The molecule has 29 heavy (non-hydrogen) atoms. The Kier molecular flexibility index (Phi) is 4.56. The van der Waals surface area contributed by atoms with E-state index < -0.39 is 28.7 Å². The molecule has 1 aliphatic rings. The molecule has 0 saturated carbocycles. The Morgan fingerprint density at radius 1 is 0.931 bits per heavy atom. The molecule has 0 spiro atoms. The highest BCUT2D eigenvalue weighted by Gasteiger charge is 2.38. The number of nitrogens with two attached hydrogens (primary N) is 1. The molecule has 2 amide bonds. The third-order valence-electron chi connectivity index (χ3n) is 5.13. The summed E-state index contributed by atoms with van der Waals surface area (Å²) in [6.07, 6.45) is 0. The summed E-state index contributed by atoms with van der Waals surface area (Å²) in [6.45, 7) is 0. The molecule has 0 unspecified atom stereocenters. The standard InChI is InChI=1S/C22H17N3O4/c23-21(26)20(24-22(27)13-6-5-7-14(12-13)25(28)29)19-17-10-3-1-8-15(17)16-9-2-4-11-18(16)19/h1-12,19-20H,(H2,23,26)(H,24,27)/t20-/m1/s1. The molecular formula is C22H17N3O4. The number of nitrogens with one attached hydrogen (secondary N) is 1. The SMILES string of the molecule is NC(=O)[C@H](NC(=O)c1cccc([N+](=O)[O-])c1)C1c2ccccc2-c2ccccc21. The largest absolute Gasteiger partial charge is 0.368 e. The fraction of sp³-hybridized carbons (Fsp3) is 0.0909. The van der Waals surface area contributed by atoms with Gasteiger partial charge in [0.2, 0.25) is 5.91 Å². The van der Waals surface area contributed by atoms with Crippen molar-refractivity contribution in [1.82, 2.24) is 5.32 Å². The second-order valence-electron chi connectivity index (χ2n) is 6.81. The van der Waals surface area contributed by atoms with Crippen molar-refractivity contribution in [1.29, 1.82) is 0 Å². The molecule has 3 N–H and O–H groups in total. The van der Waals surface area contributed by atoms with Crippen LogP contribution in [0.1, 0.15) is 27.4 Å². The average molecular weight is 387 g/mol. The Balaban J connectivity index is 1.72. The summed E-state index contributed by atoms with van der Waals surface area (Å²) in [5.74, 6) is -1.72. The lowest BCUT2D eigenvalue weighted by Gasteiger charge is -2.24. The van der Waals surface area contributed by atoms with Gasteiger partial charge in [-0.1, -0.05) is 54.6 Å². The van der Waals surface area contributed by atoms with Gasteiger partial charge in [-0.05, 0) is 28.3 Å². The van der Waals surface area contributed by atoms with Crippen LogP contribution in [0.3, 0.4) is 0 Å². The molecule has 7 heteroatoms. The van der Waals surface area contributed by atoms with Crippen LogP contribution in [-0.2, 0) is 4.79 Å². The highest BCUT2D eigenvalue weighted by Crippen LogP contribution is 2.46. The molecule has 0 heterocycles. The maximum absolute atomic E-state index is 12.8. The van der Waals surface area contributed by atoms with Gasteiger partial charge in [-0.2, -0.15) is 0 Å². The molecule has 0 aliphatic heterocycles. The van der Waals surface area contributed by atoms with Crippen LogP contribution in [0.15, 0.2) is 72.8 Å². The second kappa shape index (κ2) is 7.20. The third kappa shape index (κ3) is 3.23. The van der Waals surface area contributed by atoms with Crippen molar-refractivity contribution < 1.29 is 14.5 Å². The Morgan fingerprint density at radius 2 is 1.52 bits per heavy atom. The van der Waals surface area contributed by atoms with E-state index in [0.29, 0.717) is 0 Å². The smallest absolute Gasteiger partial charge is 0.270 e. The molecule has 3 aromatic carbocycles. The van der Waals surface area contributed by atoms with Gasteiger partial charge in [-0.15, -0.1) is 0 Å². The first-order valence-corrected chi connectivity index (χ1v) is 9.00. The van der Waals surface area contributed by atoms with E-state index in [-0.39, 0.29) is 11.3 Å². The number of carbonyl (C=O) groups is 2. The van der Waals surface area contributed by atoms with E-state index in [2.05, 4.69) is 5.32 Å². The molecule has 0 fully saturated rings. The topological polar surface area (TPSA) is 115 Å². The molecule has 7 nitrogen and oxygen atoms in total. The van der Waals surface area contributed by atoms with E-state index in [1.54, 1.807) is 0 Å². The van der Waals surface area contributed by atoms with Crippen LogP contribution >= 0.6 is 0 Å². The fourth-order valence-electron chi connectivity index (χ4n) is 3.86. The minimum absolute atomic E-state index is 0.0880. The van der Waals surface area contributed by atoms with E-state index in [1.807, 2.05) is 48.5 Å². The van der Waals surface area contributed by atoms with Crippen molar-refractivity contribution >= 4 is 17.5 Å². The van der Waals surface area contributed by atoms with Gasteiger partial charge in [0.15, 0.2) is 0 Å². The number of nitrogens with zero attached hydrogens (tertiary/aromatic N) is 1. The Hall–Kier alpha value is -4.00. The lowest BCUT2D eigenvalue weighted by Crippen LogP contribution is -2.48. The first-order valence-electron chi connectivity index (χ1n) is 9.00. The van der Waals surface area contributed by atoms with E-state index >= 15 is 0 Å². The Bertz CT molecular complexity index is 1100. The van der Waals surface area contributed by atoms with Gasteiger partial charge in [0.05, 0.1) is 4.92 Å². The van der Waals surface area contributed by atoms with Gasteiger partial charge in [0.1, 0.15) is 6.04 Å². The van der Waals surface area contributed by atoms with Crippen molar-refractivity contribution in [3.8, 4) is 11.1 Å². The van der Waals surface area contributed by atoms with Gasteiger partial charge in [-0.3, -0.25) is 19.7 Å². The van der Waals surface area contributed by atoms with Gasteiger partial charge in [0, 0.05) is 23.6 Å². The number of fused-ring (bicyclic) bond motifs is 3. The first-order chi connectivity index (χ1) is 14.0. The zero-order valence-corrected chi connectivity index (χ0v) is 15.2. The fourth-order valence-corrected chi connectivity index (χ4v) is 3.86. The number of hydrogen-bond donors (Lipinski definition) is 2. The highest BCUT2D eigenvalue weighted by molar-refractivity contribution is 5.99. The summed E-state index contributed by atoms with van der Waals surface area (Å²) in [7, 11) is 0. The van der Waals surface area contributed by atoms with Crippen LogP contribution in [0, 0.1) is 10.1 Å². The molecular weight excluding hydrogens is 370 g/mol. The highest BCUT2D eigenvalue weighted by atomic mass is 16.6. The van der Waals surface area contributed by atoms with Crippen LogP contribution in [0.4, 0.5) is 5.69 Å². The zero-order valence-electron chi connectivity index (χ0n) is 15.2. The summed E-state index contributed by atoms with van der Waals surface area (Å²) >= 11 is 0. The number of nitro benzene ring substituents is 1. The molecule has 1 atom stereocenters. The molecule has 0 bridgehead atoms. The van der Waals surface area contributed by atoms with E-state index in [9.17, 15) is 19.7 Å². The Labute approximate surface area is 166 Å². The zero-order chi connectivity index (χ0) is 20.5. The summed E-state index contributed by atoms with van der Waals surface area (Å²) < 4.78 is 0. The summed E-state index contributed by atoms with van der Waals surface area (Å²) in [5, 5.41) is 13.7. The third-order valence-corrected chi connectivity index (χ3v) is 5.13. The molecule has 4 rings (SSSR count). The van der Waals surface area contributed by atoms with Crippen LogP contribution in [-0.4, -0.2) is 22.8 Å². The van der Waals surface area contributed by atoms with E-state index in [1.165, 1.54) is 24.3 Å². The van der Waals surface area contributed by atoms with Gasteiger partial charge >= 0.3 is 0 Å². The summed E-state index contributed by atoms with van der Waals surface area (Å²) in [6, 6.07) is 19.7. The predicted octanol–water partition coefficient (Wildman–Crippen LogP) is 2.99. The first kappa shape index (κ1) is 18.4. The number of primary amides is 1. The van der Waals surface area contributed by atoms with Crippen LogP contribution in [0.25, 0.3) is 11.1 Å². The van der Waals surface area contributed by atoms with Gasteiger partial charge in [0.25, 0.3) is 11.6 Å². The van der Waals surface area contributed by atoms with Crippen molar-refractivity contribution in [2.75, 3.05) is 0 Å². The lowest BCUT2D eigenvalue weighted by atomic mass is 9.88. The molecule has 144 valence electrons. The number of non-ortho nitro benzene ring substituents is 1. The number of rotatable bonds is 5. The van der Waals surface area contributed by atoms with E-state index in [0.717, 1.165) is 22.3 Å². The van der Waals surface area contributed by atoms with Crippen LogP contribution < -0.4 is 11.1 Å². The monoisotopic (exact) mass is 387 g/mol. The van der Waals surface area contributed by atoms with Crippen molar-refractivity contribution in [3.05, 3.63) is 99.6 Å². The lowest BCUT2D eigenvalue weighted by molar-refractivity contribution is -0.384. The molecule has 0 radical (unpaired) electrons. The van der Waals surface area contributed by atoms with Crippen LogP contribution in [0.2, 0.25) is 0 Å². The van der Waals surface area contributed by atoms with Crippen molar-refractivity contribution in [2.45, 2.75) is 12.0 Å². The van der Waals surface area contributed by atoms with Crippen molar-refractivity contribution in [2.24, 2.45) is 5.73 Å². The Morgan fingerprint density at radius 3 is 2.07 bits per heavy atom. The molecule has 3 aromatic rings. The number of carbonyl (C=O) groups excluding carboxylic acids is 2. The number of nitro groups is 1. The minimum Gasteiger partial charge on any atom is -0.368 e. The normalized spacial score (nSPS) is 13.2. The van der Waals surface area contributed by atoms with Crippen LogP contribution in [0.5, 0.6) is 0 Å². The molecule has 0 aromatic heterocycles. The average Bonchev–Trinajstić information content (AvgIpc) is 3.06. The molecule has 1 aliphatic carbocycles. The van der Waals surface area contributed by atoms with Crippen molar-refractivity contribution in [3.63, 3.8) is 0 Å². The predicted molar refractivity (Wildman–Crippen MR) is 107 cm³/mol. The summed E-state index contributed by atoms with van der Waals surface area (Å²) in [5.41, 5.74) is 9.34. The number of benzene rings is 3. The quantitative estimate of drug-likeness (QED) is 0.517.